The van der Waals surface area contributed by atoms with Crippen molar-refractivity contribution in [1.82, 2.24) is 39.9 Å². The molecule has 0 unspecified atom stereocenters. The van der Waals surface area contributed by atoms with Gasteiger partial charge in [0.05, 0.1) is 81.2 Å². The molecule has 0 atom stereocenters. The third kappa shape index (κ3) is 23.4. The molecule has 8 aliphatic rings. The van der Waals surface area contributed by atoms with Gasteiger partial charge in [0.15, 0.2) is 23.3 Å². The lowest BCUT2D eigenvalue weighted by molar-refractivity contribution is -0.117. The molecule has 131 heavy (non-hydrogen) atoms. The van der Waals surface area contributed by atoms with Crippen molar-refractivity contribution in [3.8, 4) is 45.0 Å². The van der Waals surface area contributed by atoms with Crippen LogP contribution in [0, 0.1) is 23.7 Å². The van der Waals surface area contributed by atoms with E-state index in [1.54, 1.807) is 0 Å². The topological polar surface area (TPSA) is 220 Å². The number of hydrogen-bond donors (Lipinski definition) is 4. The Kier molecular flexibility index (Phi) is 29.8. The molecule has 4 amide bonds. The summed E-state index contributed by atoms with van der Waals surface area (Å²) in [5.74, 6) is 5.24. The van der Waals surface area contributed by atoms with Gasteiger partial charge in [-0.1, -0.05) is 359 Å². The van der Waals surface area contributed by atoms with Gasteiger partial charge in [0, 0.05) is 35.1 Å². The van der Waals surface area contributed by atoms with Crippen LogP contribution in [0.3, 0.4) is 0 Å². The summed E-state index contributed by atoms with van der Waals surface area (Å²) >= 11 is 0. The van der Waals surface area contributed by atoms with E-state index in [0.29, 0.717) is 72.6 Å². The predicted molar refractivity (Wildman–Crippen MR) is 527 cm³/mol. The number of rotatable bonds is 23. The molecule has 4 heterocycles. The third-order valence-electron chi connectivity index (χ3n) is 28.2. The van der Waals surface area contributed by atoms with Crippen molar-refractivity contribution in [1.29, 1.82) is 0 Å². The maximum absolute atomic E-state index is 13.1. The van der Waals surface area contributed by atoms with Gasteiger partial charge in [0.25, 0.3) is 0 Å². The minimum atomic E-state index is -0.0318. The first kappa shape index (κ1) is 89.1. The van der Waals surface area contributed by atoms with Gasteiger partial charge in [-0.3, -0.25) is 19.2 Å². The summed E-state index contributed by atoms with van der Waals surface area (Å²) in [5.41, 5.74) is 26.5. The van der Waals surface area contributed by atoms with Crippen LogP contribution < -0.4 is 21.3 Å². The fourth-order valence-corrected chi connectivity index (χ4v) is 21.2. The second-order valence-electron chi connectivity index (χ2n) is 37.8. The lowest BCUT2D eigenvalue weighted by atomic mass is 9.85. The van der Waals surface area contributed by atoms with Gasteiger partial charge in [-0.05, 0) is 175 Å². The molecule has 0 aliphatic heterocycles. The van der Waals surface area contributed by atoms with Crippen molar-refractivity contribution in [2.24, 2.45) is 23.7 Å². The number of nitrogens with one attached hydrogen (secondary N) is 4. The molecular weight excluding hydrogens is 1610 g/mol. The summed E-state index contributed by atoms with van der Waals surface area (Å²) < 4.78 is 0. The van der Waals surface area contributed by atoms with E-state index in [2.05, 4.69) is 167 Å². The lowest BCUT2D eigenvalue weighted by Crippen LogP contribution is -2.21. The average Bonchev–Trinajstić information content (AvgIpc) is 0.782. The Balaban J connectivity index is 0.000000117. The molecule has 668 valence electrons. The molecule has 16 nitrogen and oxygen atoms in total. The number of benzene rings is 9. The fraction of sp³-hybridized carbons (Fsp3) is 0.374. The molecule has 9 aromatic carbocycles. The van der Waals surface area contributed by atoms with Crippen LogP contribution in [0.25, 0.3) is 55.8 Å². The zero-order chi connectivity index (χ0) is 88.9. The van der Waals surface area contributed by atoms with Gasteiger partial charge in [-0.2, -0.15) is 0 Å². The fourth-order valence-electron chi connectivity index (χ4n) is 21.2. The molecule has 4 fully saturated rings. The molecule has 0 radical (unpaired) electrons. The van der Waals surface area contributed by atoms with Crippen molar-refractivity contribution >= 4 is 57.7 Å². The number of aromatic nitrogens is 8. The Labute approximate surface area is 772 Å². The van der Waals surface area contributed by atoms with Crippen LogP contribution in [0.5, 0.6) is 0 Å². The van der Waals surface area contributed by atoms with Gasteiger partial charge in [-0.25, -0.2) is 39.9 Å². The van der Waals surface area contributed by atoms with Crippen molar-refractivity contribution in [2.45, 2.75) is 250 Å². The molecule has 16 heteroatoms. The molecule has 21 rings (SSSR count). The number of carbonyl (C=O) groups excluding carboxylic acids is 4. The normalized spacial score (nSPS) is 15.6. The highest BCUT2D eigenvalue weighted by molar-refractivity contribution is 5.95. The van der Waals surface area contributed by atoms with Gasteiger partial charge >= 0.3 is 0 Å². The number of nitrogens with zero attached hydrogens (tertiary/aromatic N) is 8. The Bertz CT molecular complexity index is 6130. The number of carbonyl (C=O) groups is 4. The quantitative estimate of drug-likeness (QED) is 0.0470. The highest BCUT2D eigenvalue weighted by Crippen LogP contribution is 2.42. The van der Waals surface area contributed by atoms with E-state index in [0.717, 1.165) is 181 Å². The minimum Gasteiger partial charge on any atom is -0.309 e. The number of hydrogen-bond acceptors (Lipinski definition) is 12. The Morgan fingerprint density at radius 3 is 0.901 bits per heavy atom. The summed E-state index contributed by atoms with van der Waals surface area (Å²) in [5, 5.41) is 14.9. The van der Waals surface area contributed by atoms with E-state index in [1.165, 1.54) is 189 Å². The summed E-state index contributed by atoms with van der Waals surface area (Å²) in [6, 6.07) is 79.0. The van der Waals surface area contributed by atoms with Crippen LogP contribution in [0.4, 0.5) is 23.3 Å². The van der Waals surface area contributed by atoms with E-state index < -0.39 is 0 Å². The molecule has 8 aliphatic carbocycles. The van der Waals surface area contributed by atoms with Crippen LogP contribution >= 0.6 is 0 Å². The van der Waals surface area contributed by atoms with E-state index >= 15 is 0 Å². The monoisotopic (exact) mass is 1740 g/mol. The number of aryl methyl sites for hydroxylation is 10. The van der Waals surface area contributed by atoms with Crippen molar-refractivity contribution < 1.29 is 19.2 Å². The summed E-state index contributed by atoms with van der Waals surface area (Å²) in [6.07, 6.45) is 40.7. The first-order valence-electron chi connectivity index (χ1n) is 49.2. The third-order valence-corrected chi connectivity index (χ3v) is 28.2. The molecule has 0 bridgehead atoms. The highest BCUT2D eigenvalue weighted by atomic mass is 16.2. The van der Waals surface area contributed by atoms with Crippen LogP contribution in [0.15, 0.2) is 231 Å². The van der Waals surface area contributed by atoms with Crippen LogP contribution in [0.1, 0.15) is 238 Å². The number of amides is 4. The van der Waals surface area contributed by atoms with Crippen molar-refractivity contribution in [3.63, 3.8) is 0 Å². The van der Waals surface area contributed by atoms with Crippen LogP contribution in [-0.2, 0) is 122 Å². The maximum Gasteiger partial charge on any atom is 0.229 e. The highest BCUT2D eigenvalue weighted by Gasteiger charge is 2.31. The van der Waals surface area contributed by atoms with E-state index in [4.69, 9.17) is 39.9 Å². The largest absolute Gasteiger partial charge is 0.309 e. The zero-order valence-corrected chi connectivity index (χ0v) is 76.0. The predicted octanol–water partition coefficient (Wildman–Crippen LogP) is 24.5. The molecule has 4 N–H and O–H groups in total. The molecule has 0 spiro atoms. The second kappa shape index (κ2) is 43.9. The molecule has 13 aromatic rings. The SMILES string of the molecule is O=C(CCCc1ccccc1)Nc1nc2c(nc1CC1CCCCC1)-c1ccccc1CC2.O=C(CCc1ccccc1)Nc1nc2c(nc1CC1CCCCC1)-c1ccccc1CC2.O=C(Cc1ccc2ccccc2c1)Nc1nc2c(nc1CC1CCCCC1)-c1ccccc1CC2.O=C(Cc1ccccc1)Nc1nc2c(nc1CC1CCCCC1)-c1ccccc1CC2. The maximum atomic E-state index is 13.1. The first-order chi connectivity index (χ1) is 64.5. The van der Waals surface area contributed by atoms with Crippen LogP contribution in [-0.4, -0.2) is 63.5 Å². The van der Waals surface area contributed by atoms with Crippen molar-refractivity contribution in [3.05, 3.63) is 321 Å². The zero-order valence-electron chi connectivity index (χ0n) is 76.0. The van der Waals surface area contributed by atoms with Gasteiger partial charge in [-0.15, -0.1) is 0 Å². The average molecular weight is 1740 g/mol. The molecule has 4 aromatic heterocycles. The van der Waals surface area contributed by atoms with Gasteiger partial charge in [0.2, 0.25) is 23.6 Å². The van der Waals surface area contributed by atoms with E-state index in [1.807, 2.05) is 84.9 Å². The van der Waals surface area contributed by atoms with Gasteiger partial charge in [0.1, 0.15) is 0 Å². The Morgan fingerprint density at radius 2 is 0.542 bits per heavy atom. The Hall–Kier alpha value is -12.6. The first-order valence-corrected chi connectivity index (χ1v) is 49.2. The van der Waals surface area contributed by atoms with Crippen LogP contribution in [0.2, 0.25) is 0 Å². The summed E-state index contributed by atoms with van der Waals surface area (Å²) in [7, 11) is 0. The number of fused-ring (bicyclic) bond motifs is 13. The number of anilines is 4. The molecule has 4 saturated carbocycles. The lowest BCUT2D eigenvalue weighted by Gasteiger charge is -2.24. The van der Waals surface area contributed by atoms with Gasteiger partial charge < -0.3 is 21.3 Å². The van der Waals surface area contributed by atoms with Crippen molar-refractivity contribution in [2.75, 3.05) is 21.3 Å². The Morgan fingerprint density at radius 1 is 0.252 bits per heavy atom. The minimum absolute atomic E-state index is 0.0178. The smallest absolute Gasteiger partial charge is 0.229 e. The van der Waals surface area contributed by atoms with E-state index in [-0.39, 0.29) is 23.6 Å². The standard InChI is InChI=1S/C31H31N3O.C29H33N3O.C28H31N3O.C27H29N3O/c35-29(20-22-14-15-23-10-4-5-12-25(23)18-22)34-31-28(19-21-8-2-1-3-9-21)32-30-26-13-7-6-11-24(26)16-17-27(30)33-31;33-27(17-9-14-21-10-3-1-4-11-21)32-29-26(20-22-12-5-2-6-13-22)30-28-24-16-8-7-15-23(24)18-19-25(28)31-29;32-26(18-15-20-9-3-1-4-10-20)31-28-25(19-21-11-5-2-6-12-21)29-27-23-14-8-7-13-22(23)16-17-24(27)30-28;31-25(18-20-11-5-2-6-12-20)30-27-24(17-19-9-3-1-4-10-19)28-26-22-14-8-7-13-21(22)15-16-23(26)29-27/h4-7,10-15,18,21H,1-3,8-9,16-17,19-20H2,(H,33,34,35);1,3-4,7-8,10-11,15-16,22H,2,5-6,9,12-14,17-20H2,(H,31,32,33);1,3-4,7-10,13-14,21H,2,5-6,11-12,15-19H2,(H,30,31,32);2,5-8,11-14,19H,1,3-4,9-10,15-18H2,(H,29,30,31). The summed E-state index contributed by atoms with van der Waals surface area (Å²) in [4.78, 5) is 92.2. The molecule has 0 saturated heterocycles. The summed E-state index contributed by atoms with van der Waals surface area (Å²) in [6.45, 7) is 0. The molecular formula is C115H124N12O4. The second-order valence-corrected chi connectivity index (χ2v) is 37.8. The van der Waals surface area contributed by atoms with E-state index in [9.17, 15) is 19.2 Å².